The van der Waals surface area contributed by atoms with Crippen molar-refractivity contribution < 1.29 is 12.8 Å². The van der Waals surface area contributed by atoms with Crippen LogP contribution in [0.3, 0.4) is 0 Å². The zero-order valence-electron chi connectivity index (χ0n) is 16.1. The maximum atomic E-state index is 13.5. The number of aromatic nitrogens is 4. The molecule has 3 aromatic rings. The zero-order chi connectivity index (χ0) is 20.4. The quantitative estimate of drug-likeness (QED) is 0.615. The van der Waals surface area contributed by atoms with Crippen LogP contribution in [-0.2, 0) is 22.8 Å². The summed E-state index contributed by atoms with van der Waals surface area (Å²) >= 11 is 0. The van der Waals surface area contributed by atoms with Crippen LogP contribution in [0, 0.1) is 5.82 Å². The normalized spacial score (nSPS) is 17.7. The number of hydrogen-bond donors (Lipinski definition) is 0. The van der Waals surface area contributed by atoms with Crippen molar-refractivity contribution in [1.82, 2.24) is 25.1 Å². The molecule has 1 unspecified atom stereocenters. The first-order valence-electron chi connectivity index (χ1n) is 9.46. The lowest BCUT2D eigenvalue weighted by Crippen LogP contribution is -2.31. The third-order valence-electron chi connectivity index (χ3n) is 5.25. The van der Waals surface area contributed by atoms with Crippen molar-refractivity contribution in [2.24, 2.45) is 0 Å². The molecule has 2 aromatic carbocycles. The highest BCUT2D eigenvalue weighted by molar-refractivity contribution is 7.90. The lowest BCUT2D eigenvalue weighted by atomic mass is 10.0. The highest BCUT2D eigenvalue weighted by Crippen LogP contribution is 2.24. The van der Waals surface area contributed by atoms with Crippen LogP contribution in [0.25, 0.3) is 5.69 Å². The largest absolute Gasteiger partial charge is 0.293 e. The van der Waals surface area contributed by atoms with E-state index in [1.807, 2.05) is 6.07 Å². The minimum atomic E-state index is -3.25. The summed E-state index contributed by atoms with van der Waals surface area (Å²) in [4.78, 5) is 2.57. The standard InChI is InChI=1S/C20H22FN5O2S/c1-29(27,28)19-9-7-17(8-10-19)26-20(22-23-24-26)14-25-11-3-6-18(25)13-15-4-2-5-16(21)12-15/h2,4-5,7-10,12,18H,3,6,11,13-14H2,1H3. The molecule has 2 heterocycles. The first-order valence-corrected chi connectivity index (χ1v) is 11.4. The van der Waals surface area contributed by atoms with Gasteiger partial charge in [0.25, 0.3) is 0 Å². The molecule has 1 aromatic heterocycles. The van der Waals surface area contributed by atoms with E-state index in [9.17, 15) is 12.8 Å². The fraction of sp³-hybridized carbons (Fsp3) is 0.350. The van der Waals surface area contributed by atoms with Crippen LogP contribution in [0.2, 0.25) is 0 Å². The molecule has 4 rings (SSSR count). The minimum absolute atomic E-state index is 0.214. The molecule has 1 saturated heterocycles. The minimum Gasteiger partial charge on any atom is -0.293 e. The van der Waals surface area contributed by atoms with Crippen molar-refractivity contribution in [3.63, 3.8) is 0 Å². The summed E-state index contributed by atoms with van der Waals surface area (Å²) in [5, 5.41) is 12.0. The van der Waals surface area contributed by atoms with Gasteiger partial charge in [0.1, 0.15) is 5.82 Å². The van der Waals surface area contributed by atoms with E-state index in [0.717, 1.165) is 31.4 Å². The molecule has 29 heavy (non-hydrogen) atoms. The summed E-state index contributed by atoms with van der Waals surface area (Å²) in [7, 11) is -3.25. The Morgan fingerprint density at radius 2 is 1.97 bits per heavy atom. The van der Waals surface area contributed by atoms with E-state index in [1.54, 1.807) is 41.1 Å². The molecular formula is C20H22FN5O2S. The number of sulfone groups is 1. The fourth-order valence-electron chi connectivity index (χ4n) is 3.79. The van der Waals surface area contributed by atoms with Gasteiger partial charge >= 0.3 is 0 Å². The Hall–Kier alpha value is -2.65. The predicted octanol–water partition coefficient (Wildman–Crippen LogP) is 2.41. The van der Waals surface area contributed by atoms with E-state index >= 15 is 0 Å². The predicted molar refractivity (Wildman–Crippen MR) is 106 cm³/mol. The molecule has 0 aliphatic carbocycles. The highest BCUT2D eigenvalue weighted by atomic mass is 32.2. The SMILES string of the molecule is CS(=O)(=O)c1ccc(-n2nnnc2CN2CCCC2Cc2cccc(F)c2)cc1. The van der Waals surface area contributed by atoms with Crippen LogP contribution in [0.5, 0.6) is 0 Å². The Bertz CT molecular complexity index is 1100. The third kappa shape index (κ3) is 4.51. The number of nitrogens with zero attached hydrogens (tertiary/aromatic N) is 5. The Kier molecular flexibility index (Phi) is 5.42. The van der Waals surface area contributed by atoms with Gasteiger partial charge in [0.15, 0.2) is 15.7 Å². The molecule has 1 atom stereocenters. The van der Waals surface area contributed by atoms with Crippen molar-refractivity contribution in [2.45, 2.75) is 36.7 Å². The summed E-state index contributed by atoms with van der Waals surface area (Å²) in [6.45, 7) is 1.50. The lowest BCUT2D eigenvalue weighted by molar-refractivity contribution is 0.236. The second-order valence-electron chi connectivity index (χ2n) is 7.37. The van der Waals surface area contributed by atoms with E-state index in [1.165, 1.54) is 12.3 Å². The molecule has 1 aliphatic heterocycles. The number of hydrogen-bond acceptors (Lipinski definition) is 6. The third-order valence-corrected chi connectivity index (χ3v) is 6.38. The number of likely N-dealkylation sites (tertiary alicyclic amines) is 1. The highest BCUT2D eigenvalue weighted by Gasteiger charge is 2.26. The van der Waals surface area contributed by atoms with Gasteiger partial charge in [-0.2, -0.15) is 4.68 Å². The molecule has 0 N–H and O–H groups in total. The molecule has 1 aliphatic rings. The Labute approximate surface area is 169 Å². The maximum absolute atomic E-state index is 13.5. The van der Waals surface area contributed by atoms with Gasteiger partial charge in [0.2, 0.25) is 0 Å². The van der Waals surface area contributed by atoms with Gasteiger partial charge in [-0.25, -0.2) is 12.8 Å². The molecule has 0 bridgehead atoms. The zero-order valence-corrected chi connectivity index (χ0v) is 16.9. The van der Waals surface area contributed by atoms with Crippen molar-refractivity contribution in [1.29, 1.82) is 0 Å². The van der Waals surface area contributed by atoms with Crippen molar-refractivity contribution in [2.75, 3.05) is 12.8 Å². The Morgan fingerprint density at radius 1 is 1.17 bits per heavy atom. The van der Waals surface area contributed by atoms with Gasteiger partial charge in [0.05, 0.1) is 17.1 Å². The fourth-order valence-corrected chi connectivity index (χ4v) is 4.42. The summed E-state index contributed by atoms with van der Waals surface area (Å²) in [5.74, 6) is 0.469. The molecule has 0 amide bonds. The molecule has 1 fully saturated rings. The van der Waals surface area contributed by atoms with Gasteiger partial charge in [-0.05, 0) is 78.2 Å². The summed E-state index contributed by atoms with van der Waals surface area (Å²) in [6.07, 6.45) is 4.07. The van der Waals surface area contributed by atoms with Crippen LogP contribution >= 0.6 is 0 Å². The van der Waals surface area contributed by atoms with Crippen LogP contribution in [0.4, 0.5) is 4.39 Å². The number of halogens is 1. The van der Waals surface area contributed by atoms with Crippen molar-refractivity contribution >= 4 is 9.84 Å². The molecule has 0 spiro atoms. The van der Waals surface area contributed by atoms with E-state index in [2.05, 4.69) is 20.4 Å². The molecule has 9 heteroatoms. The van der Waals surface area contributed by atoms with Crippen LogP contribution in [0.15, 0.2) is 53.4 Å². The lowest BCUT2D eigenvalue weighted by Gasteiger charge is -2.24. The summed E-state index contributed by atoms with van der Waals surface area (Å²) < 4.78 is 38.4. The number of tetrazole rings is 1. The molecule has 0 radical (unpaired) electrons. The second-order valence-corrected chi connectivity index (χ2v) is 9.39. The average Bonchev–Trinajstić information content (AvgIpc) is 3.31. The van der Waals surface area contributed by atoms with Crippen molar-refractivity contribution in [3.05, 3.63) is 65.7 Å². The average molecular weight is 415 g/mol. The van der Waals surface area contributed by atoms with Gasteiger partial charge < -0.3 is 0 Å². The summed E-state index contributed by atoms with van der Waals surface area (Å²) in [6, 6.07) is 13.5. The number of rotatable bonds is 6. The first-order chi connectivity index (χ1) is 13.9. The van der Waals surface area contributed by atoms with E-state index in [0.29, 0.717) is 24.1 Å². The molecule has 152 valence electrons. The smallest absolute Gasteiger partial charge is 0.175 e. The van der Waals surface area contributed by atoms with Gasteiger partial charge in [0, 0.05) is 12.3 Å². The van der Waals surface area contributed by atoms with Crippen molar-refractivity contribution in [3.8, 4) is 5.69 Å². The van der Waals surface area contributed by atoms with Crippen LogP contribution in [0.1, 0.15) is 24.2 Å². The van der Waals surface area contributed by atoms with Gasteiger partial charge in [-0.3, -0.25) is 4.90 Å². The molecular weight excluding hydrogens is 393 g/mol. The monoisotopic (exact) mass is 415 g/mol. The summed E-state index contributed by atoms with van der Waals surface area (Å²) in [5.41, 5.74) is 1.69. The second kappa shape index (κ2) is 8.00. The Balaban J connectivity index is 1.51. The van der Waals surface area contributed by atoms with Gasteiger partial charge in [-0.15, -0.1) is 5.10 Å². The van der Waals surface area contributed by atoms with E-state index in [-0.39, 0.29) is 10.7 Å². The van der Waals surface area contributed by atoms with Crippen LogP contribution < -0.4 is 0 Å². The van der Waals surface area contributed by atoms with Crippen LogP contribution in [-0.4, -0.2) is 52.4 Å². The molecule has 7 nitrogen and oxygen atoms in total. The Morgan fingerprint density at radius 3 is 2.69 bits per heavy atom. The van der Waals surface area contributed by atoms with E-state index in [4.69, 9.17) is 0 Å². The topological polar surface area (TPSA) is 81.0 Å². The van der Waals surface area contributed by atoms with E-state index < -0.39 is 9.84 Å². The molecule has 0 saturated carbocycles. The maximum Gasteiger partial charge on any atom is 0.175 e. The first kappa shape index (κ1) is 19.7. The number of benzene rings is 2. The van der Waals surface area contributed by atoms with Gasteiger partial charge in [-0.1, -0.05) is 12.1 Å².